The minimum absolute atomic E-state index is 0.309. The van der Waals surface area contributed by atoms with E-state index in [2.05, 4.69) is 4.98 Å². The van der Waals surface area contributed by atoms with Gasteiger partial charge in [-0.1, -0.05) is 40.9 Å². The van der Waals surface area contributed by atoms with Crippen molar-refractivity contribution in [2.45, 2.75) is 0 Å². The van der Waals surface area contributed by atoms with Crippen LogP contribution in [0.15, 0.2) is 30.3 Å². The summed E-state index contributed by atoms with van der Waals surface area (Å²) in [4.78, 5) is 3.72. The molecule has 82 valence electrons. The van der Waals surface area contributed by atoms with Crippen molar-refractivity contribution in [1.29, 1.82) is 0 Å². The van der Waals surface area contributed by atoms with Crippen molar-refractivity contribution in [3.05, 3.63) is 51.3 Å². The predicted octanol–water partition coefficient (Wildman–Crippen LogP) is 4.85. The van der Waals surface area contributed by atoms with Gasteiger partial charge >= 0.3 is 0 Å². The van der Waals surface area contributed by atoms with Crippen LogP contribution in [0.3, 0.4) is 0 Å². The molecule has 0 aliphatic rings. The number of nitrogens with zero attached hydrogens (tertiary/aromatic N) is 1. The van der Waals surface area contributed by atoms with Gasteiger partial charge in [-0.2, -0.15) is 4.39 Å². The largest absolute Gasteiger partial charge is 0.220 e. The first-order valence-corrected chi connectivity index (χ1v) is 5.49. The third-order valence-corrected chi connectivity index (χ3v) is 3.00. The molecule has 0 unspecified atom stereocenters. The maximum Gasteiger partial charge on any atom is 0.213 e. The van der Waals surface area contributed by atoms with Gasteiger partial charge in [-0.15, -0.1) is 0 Å². The number of hydrogen-bond acceptors (Lipinski definition) is 1. The molecule has 0 radical (unpaired) electrons. The molecule has 2 rings (SSSR count). The van der Waals surface area contributed by atoms with E-state index in [1.54, 1.807) is 18.2 Å². The average molecular weight is 277 g/mol. The number of halogens is 4. The molecule has 0 bridgehead atoms. The van der Waals surface area contributed by atoms with Crippen LogP contribution in [0.1, 0.15) is 0 Å². The van der Waals surface area contributed by atoms with E-state index in [9.17, 15) is 4.39 Å². The minimum Gasteiger partial charge on any atom is -0.220 e. The summed E-state index contributed by atoms with van der Waals surface area (Å²) in [5.41, 5.74) is 0.910. The maximum absolute atomic E-state index is 13.0. The van der Waals surface area contributed by atoms with Crippen molar-refractivity contribution in [3.63, 3.8) is 0 Å². The lowest BCUT2D eigenvalue weighted by molar-refractivity contribution is 0.585. The molecular formula is C11H5Cl3FN. The van der Waals surface area contributed by atoms with Gasteiger partial charge in [0.05, 0.1) is 15.7 Å². The van der Waals surface area contributed by atoms with Crippen molar-refractivity contribution in [1.82, 2.24) is 4.98 Å². The van der Waals surface area contributed by atoms with Crippen molar-refractivity contribution < 1.29 is 4.39 Å². The molecule has 0 aliphatic heterocycles. The molecule has 0 saturated carbocycles. The molecule has 0 aliphatic carbocycles. The van der Waals surface area contributed by atoms with Crippen molar-refractivity contribution in [2.75, 3.05) is 0 Å². The van der Waals surface area contributed by atoms with Crippen LogP contribution < -0.4 is 0 Å². The summed E-state index contributed by atoms with van der Waals surface area (Å²) in [6.45, 7) is 0. The van der Waals surface area contributed by atoms with E-state index in [1.165, 1.54) is 12.1 Å². The van der Waals surface area contributed by atoms with Gasteiger partial charge < -0.3 is 0 Å². The Morgan fingerprint density at radius 1 is 1.06 bits per heavy atom. The molecule has 1 aromatic carbocycles. The maximum atomic E-state index is 13.0. The molecule has 5 heteroatoms. The first-order chi connectivity index (χ1) is 7.58. The number of pyridine rings is 1. The lowest BCUT2D eigenvalue weighted by Crippen LogP contribution is -1.88. The number of benzene rings is 1. The summed E-state index contributed by atoms with van der Waals surface area (Å²) in [6.07, 6.45) is 0. The van der Waals surface area contributed by atoms with E-state index in [0.717, 1.165) is 0 Å². The summed E-state index contributed by atoms with van der Waals surface area (Å²) in [5, 5.41) is 1.05. The van der Waals surface area contributed by atoms with E-state index in [1.807, 2.05) is 0 Å². The predicted molar refractivity (Wildman–Crippen MR) is 64.7 cm³/mol. The summed E-state index contributed by atoms with van der Waals surface area (Å²) in [5.74, 6) is -0.579. The summed E-state index contributed by atoms with van der Waals surface area (Å²) < 4.78 is 13.0. The highest BCUT2D eigenvalue weighted by Gasteiger charge is 2.10. The number of rotatable bonds is 1. The van der Waals surface area contributed by atoms with Gasteiger partial charge in [-0.05, 0) is 24.3 Å². The van der Waals surface area contributed by atoms with E-state index in [4.69, 9.17) is 34.8 Å². The quantitative estimate of drug-likeness (QED) is 0.536. The molecule has 1 heterocycles. The Balaban J connectivity index is 2.64. The molecule has 0 saturated heterocycles. The topological polar surface area (TPSA) is 12.9 Å². The number of aromatic nitrogens is 1. The Morgan fingerprint density at radius 3 is 2.50 bits per heavy atom. The first-order valence-electron chi connectivity index (χ1n) is 4.35. The second kappa shape index (κ2) is 4.58. The van der Waals surface area contributed by atoms with Gasteiger partial charge in [0.25, 0.3) is 0 Å². The SMILES string of the molecule is Fc1cccc(-c2cc(Cl)cc(Cl)c2Cl)n1. The van der Waals surface area contributed by atoms with Gasteiger partial charge in [0.1, 0.15) is 0 Å². The monoisotopic (exact) mass is 275 g/mol. The van der Waals surface area contributed by atoms with E-state index in [0.29, 0.717) is 26.3 Å². The fourth-order valence-corrected chi connectivity index (χ4v) is 2.00. The normalized spacial score (nSPS) is 10.5. The average Bonchev–Trinajstić information content (AvgIpc) is 2.23. The number of hydrogen-bond donors (Lipinski definition) is 0. The highest BCUT2D eigenvalue weighted by Crippen LogP contribution is 2.35. The second-order valence-corrected chi connectivity index (χ2v) is 4.32. The molecule has 1 aromatic heterocycles. The Kier molecular flexibility index (Phi) is 3.33. The van der Waals surface area contributed by atoms with Gasteiger partial charge in [0, 0.05) is 10.6 Å². The minimum atomic E-state index is -0.579. The zero-order valence-electron chi connectivity index (χ0n) is 7.85. The summed E-state index contributed by atoms with van der Waals surface area (Å²) in [6, 6.07) is 7.55. The van der Waals surface area contributed by atoms with Gasteiger partial charge in [-0.25, -0.2) is 4.98 Å². The molecule has 0 atom stereocenters. The lowest BCUT2D eigenvalue weighted by Gasteiger charge is -2.06. The Bertz CT molecular complexity index is 543. The molecule has 0 amide bonds. The van der Waals surface area contributed by atoms with Crippen LogP contribution in [0.5, 0.6) is 0 Å². The molecule has 0 N–H and O–H groups in total. The van der Waals surface area contributed by atoms with E-state index in [-0.39, 0.29) is 0 Å². The van der Waals surface area contributed by atoms with Gasteiger partial charge in [-0.3, -0.25) is 0 Å². The molecule has 2 aromatic rings. The van der Waals surface area contributed by atoms with Crippen LogP contribution in [0.2, 0.25) is 15.1 Å². The van der Waals surface area contributed by atoms with E-state index < -0.39 is 5.95 Å². The third kappa shape index (κ3) is 2.29. The zero-order valence-corrected chi connectivity index (χ0v) is 10.1. The highest BCUT2D eigenvalue weighted by molar-refractivity contribution is 6.45. The van der Waals surface area contributed by atoms with E-state index >= 15 is 0 Å². The van der Waals surface area contributed by atoms with Crippen molar-refractivity contribution in [2.24, 2.45) is 0 Å². The summed E-state index contributed by atoms with van der Waals surface area (Å²) >= 11 is 17.7. The van der Waals surface area contributed by atoms with Crippen molar-refractivity contribution >= 4 is 34.8 Å². The molecule has 1 nitrogen and oxygen atoms in total. The third-order valence-electron chi connectivity index (χ3n) is 1.98. The molecular weight excluding hydrogens is 271 g/mol. The van der Waals surface area contributed by atoms with Crippen LogP contribution in [0.25, 0.3) is 11.3 Å². The Labute approximate surface area is 107 Å². The van der Waals surface area contributed by atoms with Crippen LogP contribution in [-0.2, 0) is 0 Å². The van der Waals surface area contributed by atoms with Crippen LogP contribution in [0, 0.1) is 5.95 Å². The fourth-order valence-electron chi connectivity index (χ4n) is 1.30. The van der Waals surface area contributed by atoms with Crippen LogP contribution >= 0.6 is 34.8 Å². The van der Waals surface area contributed by atoms with Crippen molar-refractivity contribution in [3.8, 4) is 11.3 Å². The smallest absolute Gasteiger partial charge is 0.213 e. The van der Waals surface area contributed by atoms with Crippen LogP contribution in [-0.4, -0.2) is 4.98 Å². The standard InChI is InChI=1S/C11H5Cl3FN/c12-6-4-7(11(14)8(13)5-6)9-2-1-3-10(15)16-9/h1-5H. The molecule has 0 spiro atoms. The second-order valence-electron chi connectivity index (χ2n) is 3.09. The van der Waals surface area contributed by atoms with Crippen LogP contribution in [0.4, 0.5) is 4.39 Å². The highest BCUT2D eigenvalue weighted by atomic mass is 35.5. The fraction of sp³-hybridized carbons (Fsp3) is 0. The lowest BCUT2D eigenvalue weighted by atomic mass is 10.1. The Morgan fingerprint density at radius 2 is 1.81 bits per heavy atom. The summed E-state index contributed by atoms with van der Waals surface area (Å²) in [7, 11) is 0. The molecule has 0 fully saturated rings. The first kappa shape index (κ1) is 11.6. The molecule has 16 heavy (non-hydrogen) atoms. The van der Waals surface area contributed by atoms with Gasteiger partial charge in [0.2, 0.25) is 5.95 Å². The zero-order chi connectivity index (χ0) is 11.7. The van der Waals surface area contributed by atoms with Gasteiger partial charge in [0.15, 0.2) is 0 Å². The Hall–Kier alpha value is -0.830.